The van der Waals surface area contributed by atoms with Crippen LogP contribution in [0.5, 0.6) is 0 Å². The highest BCUT2D eigenvalue weighted by Crippen LogP contribution is 2.22. The van der Waals surface area contributed by atoms with Gasteiger partial charge in [-0.05, 0) is 24.2 Å². The molecule has 0 spiro atoms. The molecule has 18 heavy (non-hydrogen) atoms. The molecule has 0 radical (unpaired) electrons. The van der Waals surface area contributed by atoms with E-state index in [1.165, 1.54) is 19.3 Å². The number of amides is 1. The summed E-state index contributed by atoms with van der Waals surface area (Å²) in [6.07, 6.45) is 5.64. The largest absolute Gasteiger partial charge is 0.354 e. The van der Waals surface area contributed by atoms with Crippen molar-refractivity contribution in [1.29, 1.82) is 0 Å². The minimum absolute atomic E-state index is 0.00716. The Labute approximate surface area is 113 Å². The van der Waals surface area contributed by atoms with E-state index in [-0.39, 0.29) is 17.4 Å². The van der Waals surface area contributed by atoms with E-state index >= 15 is 0 Å². The fourth-order valence-corrected chi connectivity index (χ4v) is 2.01. The van der Waals surface area contributed by atoms with Gasteiger partial charge in [0.1, 0.15) is 0 Å². The van der Waals surface area contributed by atoms with Gasteiger partial charge in [-0.3, -0.25) is 4.79 Å². The Kier molecular flexibility index (Phi) is 8.25. The summed E-state index contributed by atoms with van der Waals surface area (Å²) in [6, 6.07) is -0.364. The van der Waals surface area contributed by atoms with Crippen LogP contribution in [-0.4, -0.2) is 18.5 Å². The summed E-state index contributed by atoms with van der Waals surface area (Å²) in [5.74, 6) is 0.454. The second-order valence-electron chi connectivity index (χ2n) is 6.58. The first-order chi connectivity index (χ1) is 8.28. The van der Waals surface area contributed by atoms with Crippen molar-refractivity contribution in [1.82, 2.24) is 5.32 Å². The average molecular weight is 256 g/mol. The maximum Gasteiger partial charge on any atom is 0.236 e. The van der Waals surface area contributed by atoms with Crippen molar-refractivity contribution < 1.29 is 4.79 Å². The molecule has 1 amide bonds. The second kappa shape index (κ2) is 8.52. The van der Waals surface area contributed by atoms with Crippen LogP contribution < -0.4 is 11.1 Å². The van der Waals surface area contributed by atoms with Crippen molar-refractivity contribution in [2.45, 2.75) is 72.8 Å². The number of carbonyl (C=O) groups excluding carboxylic acids is 1. The Morgan fingerprint density at radius 2 is 1.89 bits per heavy atom. The molecule has 0 aliphatic rings. The molecule has 0 saturated heterocycles. The zero-order chi connectivity index (χ0) is 14.2. The maximum atomic E-state index is 11.8. The Morgan fingerprint density at radius 1 is 1.28 bits per heavy atom. The van der Waals surface area contributed by atoms with Crippen LogP contribution in [0.25, 0.3) is 0 Å². The molecule has 0 aromatic heterocycles. The standard InChI is InChI=1S/C15H32N2O/c1-6-7-8-9-15(4,5)11-17-14(18)13(16)10-12(2)3/h12-13H,6-11,16H2,1-5H3,(H,17,18)/t13-/m0/s1. The van der Waals surface area contributed by atoms with E-state index in [1.807, 2.05) is 0 Å². The molecule has 0 saturated carbocycles. The van der Waals surface area contributed by atoms with Crippen molar-refractivity contribution in [2.24, 2.45) is 17.1 Å². The molecular formula is C15H32N2O. The highest BCUT2D eigenvalue weighted by Gasteiger charge is 2.21. The van der Waals surface area contributed by atoms with Gasteiger partial charge >= 0.3 is 0 Å². The maximum absolute atomic E-state index is 11.8. The molecule has 0 aromatic carbocycles. The van der Waals surface area contributed by atoms with Gasteiger partial charge in [-0.2, -0.15) is 0 Å². The van der Waals surface area contributed by atoms with E-state index < -0.39 is 0 Å². The lowest BCUT2D eigenvalue weighted by molar-refractivity contribution is -0.123. The lowest BCUT2D eigenvalue weighted by Gasteiger charge is -2.26. The molecule has 0 fully saturated rings. The predicted molar refractivity (Wildman–Crippen MR) is 78.4 cm³/mol. The minimum Gasteiger partial charge on any atom is -0.354 e. The van der Waals surface area contributed by atoms with E-state index in [0.717, 1.165) is 19.4 Å². The third kappa shape index (κ3) is 8.51. The van der Waals surface area contributed by atoms with Crippen molar-refractivity contribution >= 4 is 5.91 Å². The summed E-state index contributed by atoms with van der Waals surface area (Å²) in [6.45, 7) is 11.5. The number of hydrogen-bond donors (Lipinski definition) is 2. The molecule has 0 unspecified atom stereocenters. The Morgan fingerprint density at radius 3 is 2.39 bits per heavy atom. The lowest BCUT2D eigenvalue weighted by atomic mass is 9.86. The fourth-order valence-electron chi connectivity index (χ4n) is 2.01. The molecule has 0 aliphatic carbocycles. The second-order valence-corrected chi connectivity index (χ2v) is 6.58. The topological polar surface area (TPSA) is 55.1 Å². The minimum atomic E-state index is -0.364. The van der Waals surface area contributed by atoms with Crippen LogP contribution in [0.3, 0.4) is 0 Å². The molecule has 0 heterocycles. The molecule has 3 heteroatoms. The summed E-state index contributed by atoms with van der Waals surface area (Å²) in [7, 11) is 0. The van der Waals surface area contributed by atoms with E-state index in [9.17, 15) is 4.79 Å². The molecule has 3 nitrogen and oxygen atoms in total. The highest BCUT2D eigenvalue weighted by molar-refractivity contribution is 5.81. The average Bonchev–Trinajstić information content (AvgIpc) is 2.25. The molecule has 0 bridgehead atoms. The smallest absolute Gasteiger partial charge is 0.236 e. The number of hydrogen-bond acceptors (Lipinski definition) is 2. The monoisotopic (exact) mass is 256 g/mol. The van der Waals surface area contributed by atoms with Crippen LogP contribution in [0.15, 0.2) is 0 Å². The van der Waals surface area contributed by atoms with E-state index in [4.69, 9.17) is 5.73 Å². The van der Waals surface area contributed by atoms with Gasteiger partial charge in [-0.15, -0.1) is 0 Å². The van der Waals surface area contributed by atoms with Gasteiger partial charge in [0.15, 0.2) is 0 Å². The Balaban J connectivity index is 3.95. The highest BCUT2D eigenvalue weighted by atomic mass is 16.2. The van der Waals surface area contributed by atoms with Gasteiger partial charge in [0.2, 0.25) is 5.91 Å². The van der Waals surface area contributed by atoms with Crippen molar-refractivity contribution in [2.75, 3.05) is 6.54 Å². The Hall–Kier alpha value is -0.570. The van der Waals surface area contributed by atoms with Gasteiger partial charge < -0.3 is 11.1 Å². The van der Waals surface area contributed by atoms with Crippen LogP contribution in [0.1, 0.15) is 66.7 Å². The molecule has 0 rings (SSSR count). The van der Waals surface area contributed by atoms with Crippen molar-refractivity contribution in [3.63, 3.8) is 0 Å². The quantitative estimate of drug-likeness (QED) is 0.623. The van der Waals surface area contributed by atoms with Crippen LogP contribution in [0.2, 0.25) is 0 Å². The predicted octanol–water partition coefficient (Wildman–Crippen LogP) is 3.08. The van der Waals surface area contributed by atoms with Gasteiger partial charge in [0, 0.05) is 6.54 Å². The van der Waals surface area contributed by atoms with Gasteiger partial charge in [0.05, 0.1) is 6.04 Å². The molecular weight excluding hydrogens is 224 g/mol. The van der Waals surface area contributed by atoms with Crippen LogP contribution >= 0.6 is 0 Å². The van der Waals surface area contributed by atoms with E-state index in [1.54, 1.807) is 0 Å². The van der Waals surface area contributed by atoms with Gasteiger partial charge in [0.25, 0.3) is 0 Å². The van der Waals surface area contributed by atoms with Crippen molar-refractivity contribution in [3.8, 4) is 0 Å². The molecule has 1 atom stereocenters. The van der Waals surface area contributed by atoms with Crippen molar-refractivity contribution in [3.05, 3.63) is 0 Å². The fraction of sp³-hybridized carbons (Fsp3) is 0.933. The van der Waals surface area contributed by atoms with Crippen LogP contribution in [-0.2, 0) is 4.79 Å². The molecule has 108 valence electrons. The molecule has 0 aromatic rings. The first kappa shape index (κ1) is 17.4. The third-order valence-corrected chi connectivity index (χ3v) is 3.26. The lowest BCUT2D eigenvalue weighted by Crippen LogP contribution is -2.44. The van der Waals surface area contributed by atoms with E-state index in [2.05, 4.69) is 39.9 Å². The first-order valence-electron chi connectivity index (χ1n) is 7.32. The zero-order valence-electron chi connectivity index (χ0n) is 12.9. The summed E-state index contributed by atoms with van der Waals surface area (Å²) < 4.78 is 0. The summed E-state index contributed by atoms with van der Waals surface area (Å²) >= 11 is 0. The summed E-state index contributed by atoms with van der Waals surface area (Å²) in [4.78, 5) is 11.8. The van der Waals surface area contributed by atoms with Crippen LogP contribution in [0.4, 0.5) is 0 Å². The number of nitrogens with one attached hydrogen (secondary N) is 1. The SMILES string of the molecule is CCCCCC(C)(C)CNC(=O)[C@@H](N)CC(C)C. The number of carbonyl (C=O) groups is 1. The van der Waals surface area contributed by atoms with Gasteiger partial charge in [-0.25, -0.2) is 0 Å². The number of rotatable bonds is 9. The molecule has 0 aliphatic heterocycles. The summed E-state index contributed by atoms with van der Waals surface area (Å²) in [5, 5.41) is 2.99. The molecule has 3 N–H and O–H groups in total. The number of nitrogens with two attached hydrogens (primary N) is 1. The third-order valence-electron chi connectivity index (χ3n) is 3.26. The first-order valence-corrected chi connectivity index (χ1v) is 7.32. The number of unbranched alkanes of at least 4 members (excludes halogenated alkanes) is 2. The zero-order valence-corrected chi connectivity index (χ0v) is 12.9. The van der Waals surface area contributed by atoms with Crippen LogP contribution in [0, 0.1) is 11.3 Å². The normalized spacial score (nSPS) is 13.7. The van der Waals surface area contributed by atoms with E-state index in [0.29, 0.717) is 5.92 Å². The van der Waals surface area contributed by atoms with Gasteiger partial charge in [-0.1, -0.05) is 53.9 Å². The Bertz CT molecular complexity index is 237. The summed E-state index contributed by atoms with van der Waals surface area (Å²) in [5.41, 5.74) is 6.03.